The fraction of sp³-hybridized carbons (Fsp3) is 0.500. The molecule has 6 rings (SSSR count). The highest BCUT2D eigenvalue weighted by Gasteiger charge is 2.28. The van der Waals surface area contributed by atoms with Gasteiger partial charge in [0, 0.05) is 57.1 Å². The van der Waals surface area contributed by atoms with E-state index in [-0.39, 0.29) is 18.6 Å². The fourth-order valence-corrected chi connectivity index (χ4v) is 6.22. The molecule has 1 saturated heterocycles. The van der Waals surface area contributed by atoms with Crippen LogP contribution in [0.25, 0.3) is 0 Å². The molecular weight excluding hydrogens is 520 g/mol. The molecule has 0 atom stereocenters. The number of rotatable bonds is 10. The summed E-state index contributed by atoms with van der Waals surface area (Å²) in [5.74, 6) is 3.10. The molecule has 2 aliphatic heterocycles. The lowest BCUT2D eigenvalue weighted by Gasteiger charge is -2.34. The van der Waals surface area contributed by atoms with Crippen molar-refractivity contribution in [2.24, 2.45) is 5.92 Å². The molecule has 2 fully saturated rings. The van der Waals surface area contributed by atoms with Gasteiger partial charge in [-0.05, 0) is 61.2 Å². The lowest BCUT2D eigenvalue weighted by molar-refractivity contribution is -0.136. The SMILES string of the molecule is CCCN(Cc1cccn1Cc1ccc(C(=O)N2CCN(Cc3ccc4c(c3)OCO4)CC2)o1)C(=O)C1CCCC1. The molecule has 2 aromatic heterocycles. The Morgan fingerprint density at radius 2 is 1.76 bits per heavy atom. The van der Waals surface area contributed by atoms with Crippen molar-refractivity contribution in [1.29, 1.82) is 0 Å². The van der Waals surface area contributed by atoms with E-state index in [4.69, 9.17) is 13.9 Å². The highest BCUT2D eigenvalue weighted by Crippen LogP contribution is 2.33. The first kappa shape index (κ1) is 27.4. The Morgan fingerprint density at radius 3 is 2.56 bits per heavy atom. The van der Waals surface area contributed by atoms with Crippen molar-refractivity contribution in [3.05, 3.63) is 71.4 Å². The van der Waals surface area contributed by atoms with Gasteiger partial charge in [-0.15, -0.1) is 0 Å². The molecule has 41 heavy (non-hydrogen) atoms. The van der Waals surface area contributed by atoms with Crippen LogP contribution in [-0.2, 0) is 24.4 Å². The molecule has 1 saturated carbocycles. The summed E-state index contributed by atoms with van der Waals surface area (Å²) in [6.07, 6.45) is 7.29. The Kier molecular flexibility index (Phi) is 8.32. The molecule has 0 spiro atoms. The minimum absolute atomic E-state index is 0.0667. The summed E-state index contributed by atoms with van der Waals surface area (Å²) in [6.45, 7) is 8.01. The van der Waals surface area contributed by atoms with Crippen molar-refractivity contribution in [2.45, 2.75) is 58.7 Å². The van der Waals surface area contributed by atoms with Crippen LogP contribution < -0.4 is 9.47 Å². The number of ether oxygens (including phenoxy) is 2. The van der Waals surface area contributed by atoms with E-state index < -0.39 is 0 Å². The quantitative estimate of drug-likeness (QED) is 0.356. The molecule has 0 bridgehead atoms. The van der Waals surface area contributed by atoms with Gasteiger partial charge in [0.25, 0.3) is 5.91 Å². The van der Waals surface area contributed by atoms with Crippen molar-refractivity contribution >= 4 is 11.8 Å². The number of nitrogens with zero attached hydrogens (tertiary/aromatic N) is 4. The van der Waals surface area contributed by atoms with Crippen molar-refractivity contribution in [2.75, 3.05) is 39.5 Å². The van der Waals surface area contributed by atoms with Gasteiger partial charge in [0.05, 0.1) is 13.1 Å². The normalized spacial score (nSPS) is 17.3. The van der Waals surface area contributed by atoms with Crippen molar-refractivity contribution < 1.29 is 23.5 Å². The van der Waals surface area contributed by atoms with Crippen LogP contribution in [-0.4, -0.2) is 70.6 Å². The Labute approximate surface area is 241 Å². The molecule has 4 heterocycles. The van der Waals surface area contributed by atoms with E-state index in [1.165, 1.54) is 5.56 Å². The number of amides is 2. The second kappa shape index (κ2) is 12.4. The number of carbonyl (C=O) groups is 2. The Hall–Kier alpha value is -3.72. The van der Waals surface area contributed by atoms with Crippen molar-refractivity contribution in [3.8, 4) is 11.5 Å². The Balaban J connectivity index is 1.02. The summed E-state index contributed by atoms with van der Waals surface area (Å²) in [5, 5.41) is 0. The number of furan rings is 1. The van der Waals surface area contributed by atoms with E-state index in [1.54, 1.807) is 6.07 Å². The minimum atomic E-state index is -0.0667. The lowest BCUT2D eigenvalue weighted by Crippen LogP contribution is -2.48. The predicted octanol–water partition coefficient (Wildman–Crippen LogP) is 4.74. The molecule has 0 radical (unpaired) electrons. The van der Waals surface area contributed by atoms with Gasteiger partial charge < -0.3 is 28.3 Å². The first-order valence-corrected chi connectivity index (χ1v) is 15.0. The number of carbonyl (C=O) groups excluding carboxylic acids is 2. The van der Waals surface area contributed by atoms with Crippen LogP contribution in [0.4, 0.5) is 0 Å². The number of piperazine rings is 1. The van der Waals surface area contributed by atoms with Crippen LogP contribution in [0.1, 0.15) is 66.6 Å². The monoisotopic (exact) mass is 560 g/mol. The van der Waals surface area contributed by atoms with E-state index in [2.05, 4.69) is 28.5 Å². The van der Waals surface area contributed by atoms with E-state index in [9.17, 15) is 9.59 Å². The van der Waals surface area contributed by atoms with Crippen LogP contribution in [0.15, 0.2) is 53.1 Å². The average Bonchev–Trinajstić information content (AvgIpc) is 3.81. The first-order valence-electron chi connectivity index (χ1n) is 15.0. The summed E-state index contributed by atoms with van der Waals surface area (Å²) in [6, 6.07) is 13.8. The zero-order chi connectivity index (χ0) is 28.2. The van der Waals surface area contributed by atoms with Gasteiger partial charge in [0.1, 0.15) is 5.76 Å². The second-order valence-corrected chi connectivity index (χ2v) is 11.4. The number of fused-ring (bicyclic) bond motifs is 1. The molecule has 0 N–H and O–H groups in total. The predicted molar refractivity (Wildman–Crippen MR) is 154 cm³/mol. The standard InChI is InChI=1S/C32H40N4O5/c1-2-13-36(31(37)25-6-3-4-7-25)21-26-8-5-14-35(26)22-27-10-12-29(41-27)32(38)34-17-15-33(16-18-34)20-24-9-11-28-30(19-24)40-23-39-28/h5,8-12,14,19,25H,2-4,6-7,13,15-18,20-23H2,1H3. The fourth-order valence-electron chi connectivity index (χ4n) is 6.22. The van der Waals surface area contributed by atoms with Crippen molar-refractivity contribution in [1.82, 2.24) is 19.3 Å². The average molecular weight is 561 g/mol. The number of hydrogen-bond acceptors (Lipinski definition) is 6. The van der Waals surface area contributed by atoms with Crippen LogP contribution in [0.5, 0.6) is 11.5 Å². The van der Waals surface area contributed by atoms with Crippen molar-refractivity contribution in [3.63, 3.8) is 0 Å². The highest BCUT2D eigenvalue weighted by atomic mass is 16.7. The topological polar surface area (TPSA) is 80.4 Å². The zero-order valence-corrected chi connectivity index (χ0v) is 23.9. The maximum Gasteiger partial charge on any atom is 0.289 e. The maximum absolute atomic E-state index is 13.2. The summed E-state index contributed by atoms with van der Waals surface area (Å²) >= 11 is 0. The molecule has 3 aliphatic rings. The van der Waals surface area contributed by atoms with Gasteiger partial charge >= 0.3 is 0 Å². The molecule has 1 aromatic carbocycles. The van der Waals surface area contributed by atoms with E-state index >= 15 is 0 Å². The highest BCUT2D eigenvalue weighted by molar-refractivity contribution is 5.91. The Bertz CT molecular complexity index is 1350. The summed E-state index contributed by atoms with van der Waals surface area (Å²) in [7, 11) is 0. The lowest BCUT2D eigenvalue weighted by atomic mass is 10.1. The van der Waals surface area contributed by atoms with Gasteiger partial charge in [-0.25, -0.2) is 0 Å². The van der Waals surface area contributed by atoms with Gasteiger partial charge in [0.15, 0.2) is 17.3 Å². The molecule has 9 nitrogen and oxygen atoms in total. The van der Waals surface area contributed by atoms with Gasteiger partial charge in [0.2, 0.25) is 12.7 Å². The third kappa shape index (κ3) is 6.30. The third-order valence-corrected chi connectivity index (χ3v) is 8.49. The first-order chi connectivity index (χ1) is 20.1. The van der Waals surface area contributed by atoms with Crippen LogP contribution in [0, 0.1) is 5.92 Å². The van der Waals surface area contributed by atoms with Crippen LogP contribution in [0.3, 0.4) is 0 Å². The largest absolute Gasteiger partial charge is 0.454 e. The maximum atomic E-state index is 13.2. The van der Waals surface area contributed by atoms with E-state index in [1.807, 2.05) is 40.3 Å². The number of hydrogen-bond donors (Lipinski definition) is 0. The molecular formula is C32H40N4O5. The second-order valence-electron chi connectivity index (χ2n) is 11.4. The molecule has 2 amide bonds. The van der Waals surface area contributed by atoms with Crippen LogP contribution in [0.2, 0.25) is 0 Å². The third-order valence-electron chi connectivity index (χ3n) is 8.49. The van der Waals surface area contributed by atoms with Crippen LogP contribution >= 0.6 is 0 Å². The minimum Gasteiger partial charge on any atom is -0.454 e. The van der Waals surface area contributed by atoms with E-state index in [0.717, 1.165) is 81.2 Å². The van der Waals surface area contributed by atoms with Gasteiger partial charge in [-0.3, -0.25) is 14.5 Å². The summed E-state index contributed by atoms with van der Waals surface area (Å²) in [5.41, 5.74) is 2.25. The Morgan fingerprint density at radius 1 is 0.951 bits per heavy atom. The summed E-state index contributed by atoms with van der Waals surface area (Å²) in [4.78, 5) is 32.6. The number of aromatic nitrogens is 1. The molecule has 1 aliphatic carbocycles. The van der Waals surface area contributed by atoms with E-state index in [0.29, 0.717) is 37.8 Å². The summed E-state index contributed by atoms with van der Waals surface area (Å²) < 4.78 is 19.1. The van der Waals surface area contributed by atoms with Gasteiger partial charge in [-0.1, -0.05) is 25.8 Å². The zero-order valence-electron chi connectivity index (χ0n) is 23.9. The van der Waals surface area contributed by atoms with Gasteiger partial charge in [-0.2, -0.15) is 0 Å². The smallest absolute Gasteiger partial charge is 0.289 e. The number of benzene rings is 1. The molecule has 9 heteroatoms. The molecule has 3 aromatic rings. The molecule has 0 unspecified atom stereocenters. The molecule has 218 valence electrons.